The standard InChI is InChI=1S/C22H45/c1-10-13-14-17-21(8,9)22(16-12-3,19(6)7)20(15-11-2)18(4)5/h17-20H,10-16H2,1-9H3. The van der Waals surface area contributed by atoms with Gasteiger partial charge in [0.1, 0.15) is 0 Å². The van der Waals surface area contributed by atoms with Gasteiger partial charge in [0.2, 0.25) is 0 Å². The Bertz CT molecular complexity index is 274. The molecule has 2 atom stereocenters. The Morgan fingerprint density at radius 1 is 0.864 bits per heavy atom. The molecule has 0 rings (SSSR count). The molecule has 1 radical (unpaired) electrons. The maximum atomic E-state index is 2.68. The van der Waals surface area contributed by atoms with E-state index in [4.69, 9.17) is 0 Å². The maximum absolute atomic E-state index is 2.68. The van der Waals surface area contributed by atoms with Crippen molar-refractivity contribution in [2.24, 2.45) is 28.6 Å². The molecule has 0 aliphatic heterocycles. The predicted molar refractivity (Wildman–Crippen MR) is 103 cm³/mol. The molecule has 0 N–H and O–H groups in total. The van der Waals surface area contributed by atoms with Gasteiger partial charge >= 0.3 is 0 Å². The molecule has 0 heteroatoms. The fourth-order valence-electron chi connectivity index (χ4n) is 5.21. The topological polar surface area (TPSA) is 0 Å². The minimum Gasteiger partial charge on any atom is -0.0654 e. The molecule has 0 aromatic heterocycles. The molecular weight excluding hydrogens is 264 g/mol. The van der Waals surface area contributed by atoms with Gasteiger partial charge in [-0.2, -0.15) is 0 Å². The van der Waals surface area contributed by atoms with Crippen LogP contribution in [-0.2, 0) is 0 Å². The predicted octanol–water partition coefficient (Wildman–Crippen LogP) is 7.92. The Labute approximate surface area is 142 Å². The van der Waals surface area contributed by atoms with Crippen LogP contribution in [0.1, 0.15) is 107 Å². The normalized spacial score (nSPS) is 17.0. The first-order valence-corrected chi connectivity index (χ1v) is 10.1. The number of hydrogen-bond donors (Lipinski definition) is 0. The van der Waals surface area contributed by atoms with E-state index in [1.807, 2.05) is 0 Å². The second-order valence-electron chi connectivity index (χ2n) is 8.65. The third-order valence-electron chi connectivity index (χ3n) is 6.17. The average molecular weight is 310 g/mol. The molecule has 22 heavy (non-hydrogen) atoms. The summed E-state index contributed by atoms with van der Waals surface area (Å²) in [6.07, 6.45) is 11.9. The van der Waals surface area contributed by atoms with E-state index in [0.29, 0.717) is 10.8 Å². The van der Waals surface area contributed by atoms with Crippen molar-refractivity contribution in [3.8, 4) is 0 Å². The summed E-state index contributed by atoms with van der Waals surface area (Å²) in [7, 11) is 0. The van der Waals surface area contributed by atoms with Crippen LogP contribution < -0.4 is 0 Å². The molecule has 0 amide bonds. The first-order valence-electron chi connectivity index (χ1n) is 10.1. The summed E-state index contributed by atoms with van der Waals surface area (Å²) in [6.45, 7) is 22.0. The average Bonchev–Trinajstić information content (AvgIpc) is 2.41. The second-order valence-corrected chi connectivity index (χ2v) is 8.65. The smallest absolute Gasteiger partial charge is 0.0190 e. The van der Waals surface area contributed by atoms with Gasteiger partial charge in [0.25, 0.3) is 0 Å². The molecule has 0 heterocycles. The Hall–Kier alpha value is 0. The van der Waals surface area contributed by atoms with E-state index in [0.717, 1.165) is 17.8 Å². The lowest BCUT2D eigenvalue weighted by Crippen LogP contribution is -2.50. The number of unbranched alkanes of at least 4 members (excludes halogenated alkanes) is 2. The van der Waals surface area contributed by atoms with Gasteiger partial charge in [0, 0.05) is 0 Å². The lowest BCUT2D eigenvalue weighted by atomic mass is 9.48. The first-order chi connectivity index (χ1) is 10.2. The van der Waals surface area contributed by atoms with E-state index < -0.39 is 0 Å². The summed E-state index contributed by atoms with van der Waals surface area (Å²) < 4.78 is 0. The zero-order chi connectivity index (χ0) is 17.4. The molecule has 0 saturated heterocycles. The fraction of sp³-hybridized carbons (Fsp3) is 0.955. The molecule has 0 fully saturated rings. The van der Waals surface area contributed by atoms with Crippen LogP contribution in [-0.4, -0.2) is 0 Å². The quantitative estimate of drug-likeness (QED) is 0.321. The van der Waals surface area contributed by atoms with Crippen LogP contribution in [0.25, 0.3) is 0 Å². The summed E-state index contributed by atoms with van der Waals surface area (Å²) in [5, 5.41) is 0. The first kappa shape index (κ1) is 22.0. The highest BCUT2D eigenvalue weighted by Crippen LogP contribution is 2.58. The van der Waals surface area contributed by atoms with Crippen molar-refractivity contribution in [2.75, 3.05) is 0 Å². The van der Waals surface area contributed by atoms with E-state index in [1.165, 1.54) is 44.9 Å². The van der Waals surface area contributed by atoms with E-state index in [-0.39, 0.29) is 0 Å². The van der Waals surface area contributed by atoms with Crippen molar-refractivity contribution in [2.45, 2.75) is 107 Å². The molecule has 0 spiro atoms. The second kappa shape index (κ2) is 9.99. The van der Waals surface area contributed by atoms with Crippen molar-refractivity contribution < 1.29 is 0 Å². The van der Waals surface area contributed by atoms with Crippen LogP contribution in [0, 0.1) is 35.0 Å². The summed E-state index contributed by atoms with van der Waals surface area (Å²) >= 11 is 0. The Morgan fingerprint density at radius 3 is 1.82 bits per heavy atom. The Morgan fingerprint density at radius 2 is 1.45 bits per heavy atom. The lowest BCUT2D eigenvalue weighted by molar-refractivity contribution is -0.0585. The highest BCUT2D eigenvalue weighted by Gasteiger charge is 2.51. The van der Waals surface area contributed by atoms with Gasteiger partial charge in [-0.25, -0.2) is 0 Å². The molecule has 133 valence electrons. The third-order valence-corrected chi connectivity index (χ3v) is 6.17. The van der Waals surface area contributed by atoms with Crippen LogP contribution in [0.5, 0.6) is 0 Å². The van der Waals surface area contributed by atoms with E-state index in [1.54, 1.807) is 0 Å². The molecule has 0 aromatic rings. The monoisotopic (exact) mass is 309 g/mol. The van der Waals surface area contributed by atoms with E-state index >= 15 is 0 Å². The zero-order valence-corrected chi connectivity index (χ0v) is 17.3. The Kier molecular flexibility index (Phi) is 9.99. The fourth-order valence-corrected chi connectivity index (χ4v) is 5.21. The van der Waals surface area contributed by atoms with Crippen molar-refractivity contribution in [1.29, 1.82) is 0 Å². The van der Waals surface area contributed by atoms with Gasteiger partial charge in [-0.1, -0.05) is 88.0 Å². The van der Waals surface area contributed by atoms with Gasteiger partial charge < -0.3 is 0 Å². The molecule has 0 nitrogen and oxygen atoms in total. The summed E-state index contributed by atoms with van der Waals surface area (Å²) in [6, 6.07) is 0. The molecule has 0 bridgehead atoms. The van der Waals surface area contributed by atoms with Gasteiger partial charge in [0.05, 0.1) is 0 Å². The summed E-state index contributed by atoms with van der Waals surface area (Å²) in [5.41, 5.74) is 0.746. The van der Waals surface area contributed by atoms with Crippen LogP contribution in [0.4, 0.5) is 0 Å². The van der Waals surface area contributed by atoms with Crippen LogP contribution >= 0.6 is 0 Å². The molecule has 2 unspecified atom stereocenters. The molecular formula is C22H45. The van der Waals surface area contributed by atoms with Gasteiger partial charge in [-0.15, -0.1) is 0 Å². The van der Waals surface area contributed by atoms with Crippen LogP contribution in [0.2, 0.25) is 0 Å². The van der Waals surface area contributed by atoms with E-state index in [2.05, 4.69) is 68.7 Å². The van der Waals surface area contributed by atoms with Crippen molar-refractivity contribution in [3.05, 3.63) is 6.42 Å². The number of hydrogen-bond acceptors (Lipinski definition) is 0. The number of rotatable bonds is 12. The van der Waals surface area contributed by atoms with Gasteiger partial charge in [0.15, 0.2) is 0 Å². The summed E-state index contributed by atoms with van der Waals surface area (Å²) in [5.74, 6) is 2.33. The highest BCUT2D eigenvalue weighted by atomic mass is 14.6. The molecule has 0 aliphatic carbocycles. The van der Waals surface area contributed by atoms with Gasteiger partial charge in [-0.3, -0.25) is 0 Å². The minimum absolute atomic E-state index is 0.316. The van der Waals surface area contributed by atoms with E-state index in [9.17, 15) is 0 Å². The molecule has 0 saturated carbocycles. The van der Waals surface area contributed by atoms with Gasteiger partial charge in [-0.05, 0) is 54.3 Å². The third kappa shape index (κ3) is 5.00. The molecule has 0 aromatic carbocycles. The minimum atomic E-state index is 0.316. The maximum Gasteiger partial charge on any atom is -0.0190 e. The largest absolute Gasteiger partial charge is 0.0654 e. The Balaban J connectivity index is 5.72. The van der Waals surface area contributed by atoms with Crippen molar-refractivity contribution in [1.82, 2.24) is 0 Å². The molecule has 0 aliphatic rings. The van der Waals surface area contributed by atoms with Crippen LogP contribution in [0.15, 0.2) is 0 Å². The highest BCUT2D eigenvalue weighted by molar-refractivity contribution is 5.05. The van der Waals surface area contributed by atoms with Crippen LogP contribution in [0.3, 0.4) is 0 Å². The summed E-state index contributed by atoms with van der Waals surface area (Å²) in [4.78, 5) is 0. The zero-order valence-electron chi connectivity index (χ0n) is 17.3. The lowest BCUT2D eigenvalue weighted by Gasteiger charge is -2.57. The SMILES string of the molecule is CCCC[CH]C(C)(C)C(CCC)(C(C)C)C(CCC)C(C)C. The van der Waals surface area contributed by atoms with Crippen molar-refractivity contribution in [3.63, 3.8) is 0 Å². The van der Waals surface area contributed by atoms with Crippen molar-refractivity contribution >= 4 is 0 Å².